The van der Waals surface area contributed by atoms with E-state index in [1.807, 2.05) is 18.4 Å². The molecular weight excluding hydrogens is 292 g/mol. The maximum absolute atomic E-state index is 11.9. The highest BCUT2D eigenvalue weighted by Gasteiger charge is 2.19. The summed E-state index contributed by atoms with van der Waals surface area (Å²) >= 11 is 2.40. The fourth-order valence-electron chi connectivity index (χ4n) is 1.19. The van der Waals surface area contributed by atoms with Crippen LogP contribution in [-0.4, -0.2) is 24.9 Å². The van der Waals surface area contributed by atoms with Crippen molar-refractivity contribution in [2.45, 2.75) is 9.24 Å². The number of hydrogen-bond acceptors (Lipinski definition) is 7. The second-order valence-electron chi connectivity index (χ2n) is 3.24. The molecule has 0 aliphatic rings. The van der Waals surface area contributed by atoms with E-state index < -0.39 is 10.0 Å². The Morgan fingerprint density at radius 3 is 2.44 bits per heavy atom. The van der Waals surface area contributed by atoms with Gasteiger partial charge < -0.3 is 5.73 Å². The van der Waals surface area contributed by atoms with Crippen LogP contribution in [0.5, 0.6) is 0 Å². The molecule has 6 nitrogen and oxygen atoms in total. The molecule has 0 aliphatic carbocycles. The summed E-state index contributed by atoms with van der Waals surface area (Å²) in [5, 5.41) is 7.10. The number of aromatic nitrogens is 2. The molecule has 2 rings (SSSR count). The van der Waals surface area contributed by atoms with Crippen LogP contribution in [0, 0.1) is 0 Å². The van der Waals surface area contributed by atoms with E-state index in [1.165, 1.54) is 0 Å². The lowest BCUT2D eigenvalue weighted by atomic mass is 10.3. The van der Waals surface area contributed by atoms with Crippen molar-refractivity contribution in [3.63, 3.8) is 0 Å². The van der Waals surface area contributed by atoms with Crippen molar-refractivity contribution in [2.75, 3.05) is 16.7 Å². The summed E-state index contributed by atoms with van der Waals surface area (Å²) in [6.07, 6.45) is 1.95. The van der Waals surface area contributed by atoms with Gasteiger partial charge in [-0.05, 0) is 30.5 Å². The molecule has 0 saturated carbocycles. The Morgan fingerprint density at radius 1 is 1.28 bits per heavy atom. The summed E-state index contributed by atoms with van der Waals surface area (Å²) in [7, 11) is -3.70. The van der Waals surface area contributed by atoms with E-state index in [0.29, 0.717) is 5.69 Å². The van der Waals surface area contributed by atoms with Gasteiger partial charge in [0.1, 0.15) is 0 Å². The number of nitrogens with zero attached hydrogens (tertiary/aromatic N) is 2. The quantitative estimate of drug-likeness (QED) is 0.833. The maximum Gasteiger partial charge on any atom is 0.291 e. The molecular formula is C9H10N4O2S3. The monoisotopic (exact) mass is 302 g/mol. The smallest absolute Gasteiger partial charge is 0.291 e. The predicted octanol–water partition coefficient (Wildman–Crippen LogP) is 1.64. The largest absolute Gasteiger partial charge is 0.374 e. The van der Waals surface area contributed by atoms with Gasteiger partial charge in [0.2, 0.25) is 5.13 Å². The predicted molar refractivity (Wildman–Crippen MR) is 73.4 cm³/mol. The molecule has 0 radical (unpaired) electrons. The van der Waals surface area contributed by atoms with Gasteiger partial charge in [-0.25, -0.2) is 0 Å². The minimum atomic E-state index is -3.70. The molecule has 2 aromatic rings. The maximum atomic E-state index is 11.9. The minimum absolute atomic E-state index is 0.119. The van der Waals surface area contributed by atoms with Crippen LogP contribution in [0.4, 0.5) is 10.8 Å². The molecule has 0 spiro atoms. The highest BCUT2D eigenvalue weighted by molar-refractivity contribution is 7.98. The van der Waals surface area contributed by atoms with E-state index in [9.17, 15) is 8.42 Å². The minimum Gasteiger partial charge on any atom is -0.374 e. The van der Waals surface area contributed by atoms with Crippen molar-refractivity contribution in [1.29, 1.82) is 0 Å². The normalized spacial score (nSPS) is 11.4. The zero-order chi connectivity index (χ0) is 13.2. The van der Waals surface area contributed by atoms with Gasteiger partial charge in [-0.3, -0.25) is 4.72 Å². The van der Waals surface area contributed by atoms with E-state index in [-0.39, 0.29) is 9.47 Å². The van der Waals surface area contributed by atoms with Crippen molar-refractivity contribution < 1.29 is 8.42 Å². The molecule has 18 heavy (non-hydrogen) atoms. The first kappa shape index (κ1) is 13.1. The molecule has 0 saturated heterocycles. The van der Waals surface area contributed by atoms with Crippen LogP contribution in [0.15, 0.2) is 33.5 Å². The summed E-state index contributed by atoms with van der Waals surface area (Å²) in [6, 6.07) is 7.04. The zero-order valence-corrected chi connectivity index (χ0v) is 11.8. The fourth-order valence-corrected chi connectivity index (χ4v) is 3.44. The number of nitrogen functional groups attached to an aromatic ring is 1. The lowest BCUT2D eigenvalue weighted by Gasteiger charge is -2.05. The Morgan fingerprint density at radius 2 is 1.94 bits per heavy atom. The highest BCUT2D eigenvalue weighted by atomic mass is 32.2. The number of nitrogens with two attached hydrogens (primary N) is 1. The Balaban J connectivity index is 2.22. The van der Waals surface area contributed by atoms with Crippen LogP contribution in [0.1, 0.15) is 0 Å². The van der Waals surface area contributed by atoms with Crippen molar-refractivity contribution in [1.82, 2.24) is 10.2 Å². The third-order valence-corrected chi connectivity index (χ3v) is 5.24. The van der Waals surface area contributed by atoms with Crippen molar-refractivity contribution in [3.8, 4) is 0 Å². The average Bonchev–Trinajstić information content (AvgIpc) is 2.77. The number of sulfonamides is 1. The van der Waals surface area contributed by atoms with Crippen LogP contribution in [0.25, 0.3) is 0 Å². The summed E-state index contributed by atoms with van der Waals surface area (Å²) in [6.45, 7) is 0. The molecule has 96 valence electrons. The molecule has 1 aromatic carbocycles. The molecule has 9 heteroatoms. The average molecular weight is 302 g/mol. The van der Waals surface area contributed by atoms with E-state index >= 15 is 0 Å². The molecule has 1 heterocycles. The SMILES string of the molecule is CSc1ccc(NS(=O)(=O)c2nnc(N)s2)cc1. The van der Waals surface area contributed by atoms with Gasteiger partial charge >= 0.3 is 0 Å². The summed E-state index contributed by atoms with van der Waals surface area (Å²) in [5.74, 6) is 0. The lowest BCUT2D eigenvalue weighted by Crippen LogP contribution is -2.12. The van der Waals surface area contributed by atoms with Gasteiger partial charge in [0.05, 0.1) is 0 Å². The van der Waals surface area contributed by atoms with Crippen LogP contribution in [0.2, 0.25) is 0 Å². The Kier molecular flexibility index (Phi) is 3.73. The molecule has 0 unspecified atom stereocenters. The number of rotatable bonds is 4. The Bertz CT molecular complexity index is 636. The topological polar surface area (TPSA) is 98.0 Å². The first-order valence-corrected chi connectivity index (χ1v) is 8.29. The number of thioether (sulfide) groups is 1. The second-order valence-corrected chi connectivity index (χ2v) is 6.99. The molecule has 0 amide bonds. The first-order valence-electron chi connectivity index (χ1n) is 4.77. The number of hydrogen-bond donors (Lipinski definition) is 2. The third kappa shape index (κ3) is 2.92. The summed E-state index contributed by atoms with van der Waals surface area (Å²) < 4.78 is 26.1. The lowest BCUT2D eigenvalue weighted by molar-refractivity contribution is 0.599. The van der Waals surface area contributed by atoms with E-state index in [0.717, 1.165) is 16.2 Å². The van der Waals surface area contributed by atoms with Crippen molar-refractivity contribution in [3.05, 3.63) is 24.3 Å². The van der Waals surface area contributed by atoms with Crippen molar-refractivity contribution >= 4 is 43.9 Å². The van der Waals surface area contributed by atoms with Crippen molar-refractivity contribution in [2.24, 2.45) is 0 Å². The molecule has 3 N–H and O–H groups in total. The number of benzene rings is 1. The third-order valence-electron chi connectivity index (χ3n) is 1.99. The van der Waals surface area contributed by atoms with Gasteiger partial charge in [-0.1, -0.05) is 11.3 Å². The fraction of sp³-hybridized carbons (Fsp3) is 0.111. The Labute approximate surface area is 113 Å². The van der Waals surface area contributed by atoms with E-state index in [1.54, 1.807) is 23.9 Å². The van der Waals surface area contributed by atoms with Gasteiger partial charge in [-0.2, -0.15) is 8.42 Å². The second kappa shape index (κ2) is 5.12. The number of anilines is 2. The van der Waals surface area contributed by atoms with Crippen LogP contribution in [0.3, 0.4) is 0 Å². The molecule has 0 fully saturated rings. The molecule has 0 bridgehead atoms. The van der Waals surface area contributed by atoms with Gasteiger partial charge in [0, 0.05) is 10.6 Å². The van der Waals surface area contributed by atoms with Gasteiger partial charge in [0.15, 0.2) is 0 Å². The number of nitrogens with one attached hydrogen (secondary N) is 1. The summed E-state index contributed by atoms with van der Waals surface area (Å²) in [4.78, 5) is 1.05. The standard InChI is InChI=1S/C9H10N4O2S3/c1-16-7-4-2-6(3-5-7)13-18(14,15)9-12-11-8(10)17-9/h2-5,13H,1H3,(H2,10,11). The highest BCUT2D eigenvalue weighted by Crippen LogP contribution is 2.22. The van der Waals surface area contributed by atoms with Crippen LogP contribution < -0.4 is 10.5 Å². The molecule has 1 aromatic heterocycles. The Hall–Kier alpha value is -1.32. The zero-order valence-electron chi connectivity index (χ0n) is 9.32. The van der Waals surface area contributed by atoms with E-state index in [4.69, 9.17) is 5.73 Å². The van der Waals surface area contributed by atoms with Crippen LogP contribution in [-0.2, 0) is 10.0 Å². The molecule has 0 aliphatic heterocycles. The van der Waals surface area contributed by atoms with E-state index in [2.05, 4.69) is 14.9 Å². The first-order chi connectivity index (χ1) is 8.51. The van der Waals surface area contributed by atoms with Gasteiger partial charge in [0.25, 0.3) is 14.4 Å². The van der Waals surface area contributed by atoms with Gasteiger partial charge in [-0.15, -0.1) is 22.0 Å². The molecule has 0 atom stereocenters. The van der Waals surface area contributed by atoms with Crippen LogP contribution >= 0.6 is 23.1 Å². The summed E-state index contributed by atoms with van der Waals surface area (Å²) in [5.41, 5.74) is 5.83.